The molecule has 10 nitrogen and oxygen atoms in total. The highest BCUT2D eigenvalue weighted by Gasteiger charge is 2.40. The molecule has 0 saturated heterocycles. The zero-order chi connectivity index (χ0) is 29.9. The molecule has 2 amide bonds. The molecule has 1 aliphatic heterocycles. The summed E-state index contributed by atoms with van der Waals surface area (Å²) in [7, 11) is 3.18. The van der Waals surface area contributed by atoms with Gasteiger partial charge in [-0.05, 0) is 73.5 Å². The molecule has 0 saturated carbocycles. The maximum absolute atomic E-state index is 13.6. The zero-order valence-corrected chi connectivity index (χ0v) is 23.6. The summed E-state index contributed by atoms with van der Waals surface area (Å²) in [5.41, 5.74) is 4.42. The fourth-order valence-corrected chi connectivity index (χ4v) is 5.42. The maximum atomic E-state index is 13.6. The molecule has 3 aromatic carbocycles. The van der Waals surface area contributed by atoms with E-state index in [0.717, 1.165) is 23.3 Å². The maximum Gasteiger partial charge on any atom is 0.264 e. The van der Waals surface area contributed by atoms with Crippen LogP contribution in [0.4, 0.5) is 11.4 Å². The van der Waals surface area contributed by atoms with Gasteiger partial charge < -0.3 is 14.8 Å². The van der Waals surface area contributed by atoms with Crippen LogP contribution in [0.1, 0.15) is 28.8 Å². The summed E-state index contributed by atoms with van der Waals surface area (Å²) in [4.78, 5) is 37.9. The van der Waals surface area contributed by atoms with Gasteiger partial charge in [-0.15, -0.1) is 0 Å². The van der Waals surface area contributed by atoms with Gasteiger partial charge in [0.15, 0.2) is 11.5 Å². The van der Waals surface area contributed by atoms with Gasteiger partial charge in [0.1, 0.15) is 0 Å². The van der Waals surface area contributed by atoms with Crippen molar-refractivity contribution in [1.82, 2.24) is 10.2 Å². The molecule has 10 heteroatoms. The Morgan fingerprint density at radius 1 is 0.837 bits per heavy atom. The summed E-state index contributed by atoms with van der Waals surface area (Å²) in [6.45, 7) is 0. The third kappa shape index (κ3) is 5.54. The monoisotopic (exact) mass is 575 g/mol. The highest BCUT2D eigenvalue weighted by molar-refractivity contribution is 6.12. The van der Waals surface area contributed by atoms with Gasteiger partial charge in [-0.1, -0.05) is 24.3 Å². The Kier molecular flexibility index (Phi) is 7.57. The Labute approximate surface area is 247 Å². The Morgan fingerprint density at radius 3 is 2.21 bits per heavy atom. The van der Waals surface area contributed by atoms with E-state index < -0.39 is 0 Å². The van der Waals surface area contributed by atoms with Crippen molar-refractivity contribution in [2.45, 2.75) is 12.8 Å². The van der Waals surface area contributed by atoms with Crippen LogP contribution in [-0.4, -0.2) is 41.9 Å². The normalized spacial score (nSPS) is 17.6. The van der Waals surface area contributed by atoms with Crippen molar-refractivity contribution in [3.8, 4) is 22.8 Å². The number of anilines is 2. The van der Waals surface area contributed by atoms with Crippen molar-refractivity contribution in [1.29, 1.82) is 0 Å². The quantitative estimate of drug-likeness (QED) is 0.298. The number of ether oxygens (including phenoxy) is 2. The van der Waals surface area contributed by atoms with Gasteiger partial charge in [0.25, 0.3) is 17.4 Å². The molecular formula is C33H29N5O5. The average molecular weight is 576 g/mol. The molecule has 0 fully saturated rings. The number of allylic oxidation sites excluding steroid dienone is 2. The molecular weight excluding hydrogens is 546 g/mol. The van der Waals surface area contributed by atoms with E-state index in [0.29, 0.717) is 40.6 Å². The summed E-state index contributed by atoms with van der Waals surface area (Å²) < 4.78 is 10.9. The topological polar surface area (TPSA) is 126 Å². The number of amides is 2. The predicted molar refractivity (Wildman–Crippen MR) is 164 cm³/mol. The molecule has 0 radical (unpaired) electrons. The molecule has 4 aromatic rings. The van der Waals surface area contributed by atoms with Crippen LogP contribution in [-0.2, 0) is 4.79 Å². The average Bonchev–Trinajstić information content (AvgIpc) is 3.05. The number of hydrogen-bond donors (Lipinski definition) is 2. The number of nitrogens with zero attached hydrogens (tertiary/aromatic N) is 3. The summed E-state index contributed by atoms with van der Waals surface area (Å²) in [5.74, 6) is 0.538. The lowest BCUT2D eigenvalue weighted by molar-refractivity contribution is -0.123. The van der Waals surface area contributed by atoms with Crippen molar-refractivity contribution >= 4 is 28.9 Å². The van der Waals surface area contributed by atoms with Crippen LogP contribution in [0, 0.1) is 11.8 Å². The summed E-state index contributed by atoms with van der Waals surface area (Å²) in [6.07, 6.45) is 5.50. The number of benzene rings is 3. The van der Waals surface area contributed by atoms with Gasteiger partial charge in [0, 0.05) is 34.4 Å². The zero-order valence-electron chi connectivity index (χ0n) is 23.6. The first-order valence-electron chi connectivity index (χ1n) is 13.8. The minimum atomic E-state index is -0.293. The minimum absolute atomic E-state index is 0.0525. The van der Waals surface area contributed by atoms with Crippen molar-refractivity contribution in [2.24, 2.45) is 16.9 Å². The predicted octanol–water partition coefficient (Wildman–Crippen LogP) is 5.04. The number of aromatic nitrogens is 2. The van der Waals surface area contributed by atoms with Gasteiger partial charge >= 0.3 is 0 Å². The minimum Gasteiger partial charge on any atom is -0.493 e. The van der Waals surface area contributed by atoms with Crippen LogP contribution in [0.2, 0.25) is 0 Å². The van der Waals surface area contributed by atoms with E-state index in [9.17, 15) is 14.4 Å². The molecule has 43 heavy (non-hydrogen) atoms. The van der Waals surface area contributed by atoms with E-state index >= 15 is 0 Å². The van der Waals surface area contributed by atoms with E-state index in [1.165, 1.54) is 11.1 Å². The number of carbonyl (C=O) groups excluding carboxylic acids is 2. The third-order valence-electron chi connectivity index (χ3n) is 7.69. The lowest BCUT2D eigenvalue weighted by Crippen LogP contribution is -2.45. The Morgan fingerprint density at radius 2 is 1.53 bits per heavy atom. The fraction of sp³-hybridized carbons (Fsp3) is 0.182. The summed E-state index contributed by atoms with van der Waals surface area (Å²) in [6, 6.07) is 22.7. The van der Waals surface area contributed by atoms with Gasteiger partial charge in [0.05, 0.1) is 37.2 Å². The van der Waals surface area contributed by atoms with Crippen molar-refractivity contribution < 1.29 is 19.1 Å². The third-order valence-corrected chi connectivity index (χ3v) is 7.69. The summed E-state index contributed by atoms with van der Waals surface area (Å²) >= 11 is 0. The number of methoxy groups -OCH3 is 2. The number of carbonyl (C=O) groups is 2. The Bertz CT molecular complexity index is 1770. The molecule has 1 aromatic heterocycles. The van der Waals surface area contributed by atoms with Crippen molar-refractivity contribution in [3.63, 3.8) is 0 Å². The number of aromatic amines is 1. The highest BCUT2D eigenvalue weighted by atomic mass is 16.5. The molecule has 0 spiro atoms. The molecule has 2 unspecified atom stereocenters. The standard InChI is InChI=1S/C33H29N5O5/c1-42-28-17-11-22(19-29(28)43-2)31-25-5-3-4-6-26(25)33(41)38(37-31)24-14-9-21(10-15-24)32(40)34-23-12-7-20(8-13-23)27-16-18-30(39)36-35-27/h3-4,7-19,25-26H,5-6H2,1-2H3,(H,34,40)(H,36,39). The molecule has 2 heterocycles. The second-order valence-electron chi connectivity index (χ2n) is 10.2. The fourth-order valence-electron chi connectivity index (χ4n) is 5.42. The van der Waals surface area contributed by atoms with Crippen LogP contribution in [0.25, 0.3) is 11.3 Å². The van der Waals surface area contributed by atoms with E-state index in [2.05, 4.69) is 21.6 Å². The van der Waals surface area contributed by atoms with Crippen LogP contribution in [0.3, 0.4) is 0 Å². The second-order valence-corrected chi connectivity index (χ2v) is 10.2. The van der Waals surface area contributed by atoms with Crippen LogP contribution in [0.15, 0.2) is 101 Å². The number of fused-ring (bicyclic) bond motifs is 1. The Hall–Kier alpha value is -5.51. The molecule has 0 bridgehead atoms. The lowest BCUT2D eigenvalue weighted by Gasteiger charge is -2.37. The molecule has 1 aliphatic carbocycles. The van der Waals surface area contributed by atoms with Crippen molar-refractivity contribution in [3.05, 3.63) is 112 Å². The van der Waals surface area contributed by atoms with Gasteiger partial charge in [0.2, 0.25) is 0 Å². The van der Waals surface area contributed by atoms with E-state index in [1.807, 2.05) is 36.4 Å². The lowest BCUT2D eigenvalue weighted by atomic mass is 9.76. The molecule has 2 N–H and O–H groups in total. The van der Waals surface area contributed by atoms with Gasteiger partial charge in [-0.3, -0.25) is 14.4 Å². The number of H-pyrrole nitrogens is 1. The molecule has 6 rings (SSSR count). The van der Waals surface area contributed by atoms with Crippen molar-refractivity contribution in [2.75, 3.05) is 24.5 Å². The molecule has 2 aliphatic rings. The summed E-state index contributed by atoms with van der Waals surface area (Å²) in [5, 5.41) is 15.6. The van der Waals surface area contributed by atoms with Crippen LogP contribution < -0.4 is 25.4 Å². The second kappa shape index (κ2) is 11.8. The first kappa shape index (κ1) is 27.6. The SMILES string of the molecule is COc1ccc(C2=NN(c3ccc(C(=O)Nc4ccc(-c5ccc(=O)[nH]n5)cc4)cc3)C(=O)C3CC=CCC23)cc1OC. The Balaban J connectivity index is 1.23. The number of hydrogen-bond acceptors (Lipinski definition) is 7. The smallest absolute Gasteiger partial charge is 0.264 e. The van der Waals surface area contributed by atoms with E-state index in [4.69, 9.17) is 14.6 Å². The largest absolute Gasteiger partial charge is 0.493 e. The van der Waals surface area contributed by atoms with Crippen LogP contribution in [0.5, 0.6) is 11.5 Å². The molecule has 2 atom stereocenters. The first-order chi connectivity index (χ1) is 20.9. The van der Waals surface area contributed by atoms with Gasteiger partial charge in [-0.2, -0.15) is 10.2 Å². The highest BCUT2D eigenvalue weighted by Crippen LogP contribution is 2.38. The van der Waals surface area contributed by atoms with Gasteiger partial charge in [-0.25, -0.2) is 10.1 Å². The first-order valence-corrected chi connectivity index (χ1v) is 13.8. The molecule has 216 valence electrons. The van der Waals surface area contributed by atoms with Crippen LogP contribution >= 0.6 is 0 Å². The number of hydrazone groups is 1. The van der Waals surface area contributed by atoms with E-state index in [1.54, 1.807) is 56.7 Å². The number of nitrogens with one attached hydrogen (secondary N) is 2. The number of rotatable bonds is 7. The van der Waals surface area contributed by atoms with E-state index in [-0.39, 0.29) is 29.2 Å².